The lowest BCUT2D eigenvalue weighted by atomic mass is 10.1. The van der Waals surface area contributed by atoms with Crippen LogP contribution >= 0.6 is 0 Å². The molecule has 0 bridgehead atoms. The highest BCUT2D eigenvalue weighted by molar-refractivity contribution is 5.86. The highest BCUT2D eigenvalue weighted by Crippen LogP contribution is 2.18. The van der Waals surface area contributed by atoms with Crippen molar-refractivity contribution in [2.24, 2.45) is 0 Å². The predicted molar refractivity (Wildman–Crippen MR) is 90.9 cm³/mol. The first kappa shape index (κ1) is 15.1. The van der Waals surface area contributed by atoms with Crippen molar-refractivity contribution in [3.8, 4) is 5.69 Å². The second kappa shape index (κ2) is 6.56. The number of para-hydroxylation sites is 2. The maximum absolute atomic E-state index is 12.3. The van der Waals surface area contributed by atoms with E-state index in [2.05, 4.69) is 20.6 Å². The molecule has 0 saturated heterocycles. The average Bonchev–Trinajstić information content (AvgIpc) is 3.31. The Kier molecular flexibility index (Phi) is 3.96. The van der Waals surface area contributed by atoms with Crippen molar-refractivity contribution < 1.29 is 9.32 Å². The molecule has 0 aliphatic rings. The molecule has 25 heavy (non-hydrogen) atoms. The van der Waals surface area contributed by atoms with Crippen LogP contribution in [0.3, 0.4) is 0 Å². The van der Waals surface area contributed by atoms with Crippen LogP contribution < -0.4 is 5.32 Å². The van der Waals surface area contributed by atoms with E-state index >= 15 is 0 Å². The van der Waals surface area contributed by atoms with E-state index in [1.807, 2.05) is 48.5 Å². The van der Waals surface area contributed by atoms with Gasteiger partial charge in [0.15, 0.2) is 5.58 Å². The first-order valence-electron chi connectivity index (χ1n) is 7.84. The molecule has 2 heterocycles. The number of aromatic nitrogens is 4. The summed E-state index contributed by atoms with van der Waals surface area (Å²) in [5.74, 6) is -0.118. The van der Waals surface area contributed by atoms with Crippen LogP contribution in [0, 0.1) is 0 Å². The minimum Gasteiger partial charge on any atom is -0.356 e. The Morgan fingerprint density at radius 1 is 1.12 bits per heavy atom. The van der Waals surface area contributed by atoms with Crippen LogP contribution in [0.1, 0.15) is 11.3 Å². The largest absolute Gasteiger partial charge is 0.356 e. The number of hydrogen-bond donors (Lipinski definition) is 1. The zero-order valence-electron chi connectivity index (χ0n) is 13.3. The Hall–Kier alpha value is -3.48. The number of hydrogen-bond acceptors (Lipinski definition) is 5. The zero-order valence-corrected chi connectivity index (χ0v) is 13.3. The SMILES string of the molecule is O=C(Cc1noc2ccccc12)NCc1ccccc1-n1cncn1. The number of fused-ring (bicyclic) bond motifs is 1. The molecule has 1 N–H and O–H groups in total. The van der Waals surface area contributed by atoms with E-state index < -0.39 is 0 Å². The quantitative estimate of drug-likeness (QED) is 0.605. The van der Waals surface area contributed by atoms with E-state index in [-0.39, 0.29) is 12.3 Å². The molecule has 0 atom stereocenters. The number of carbonyl (C=O) groups excluding carboxylic acids is 1. The van der Waals surface area contributed by atoms with Crippen molar-refractivity contribution in [2.45, 2.75) is 13.0 Å². The Balaban J connectivity index is 1.46. The van der Waals surface area contributed by atoms with Gasteiger partial charge in [-0.1, -0.05) is 35.5 Å². The summed E-state index contributed by atoms with van der Waals surface area (Å²) in [5.41, 5.74) is 3.15. The molecule has 0 radical (unpaired) electrons. The molecular formula is C18H15N5O2. The van der Waals surface area contributed by atoms with Crippen LogP contribution in [-0.2, 0) is 17.8 Å². The third-order valence-electron chi connectivity index (χ3n) is 3.91. The topological polar surface area (TPSA) is 85.8 Å². The molecule has 0 fully saturated rings. The normalized spacial score (nSPS) is 10.9. The minimum atomic E-state index is -0.118. The van der Waals surface area contributed by atoms with Crippen LogP contribution in [0.5, 0.6) is 0 Å². The third kappa shape index (κ3) is 3.12. The summed E-state index contributed by atoms with van der Waals surface area (Å²) < 4.78 is 6.91. The van der Waals surface area contributed by atoms with Crippen molar-refractivity contribution in [1.82, 2.24) is 25.2 Å². The standard InChI is InChI=1S/C18H15N5O2/c24-18(9-15-14-6-2-4-8-17(14)25-22-15)20-10-13-5-1-3-7-16(13)23-12-19-11-21-23/h1-8,11-12H,9-10H2,(H,20,24). The van der Waals surface area contributed by atoms with Gasteiger partial charge in [-0.2, -0.15) is 5.10 Å². The first-order chi connectivity index (χ1) is 12.3. The van der Waals surface area contributed by atoms with Crippen molar-refractivity contribution >= 4 is 16.9 Å². The fourth-order valence-corrected chi connectivity index (χ4v) is 2.69. The second-order valence-corrected chi connectivity index (χ2v) is 5.55. The van der Waals surface area contributed by atoms with Crippen molar-refractivity contribution in [1.29, 1.82) is 0 Å². The summed E-state index contributed by atoms with van der Waals surface area (Å²) in [6.07, 6.45) is 3.27. The molecule has 0 saturated carbocycles. The predicted octanol–water partition coefficient (Wildman–Crippen LogP) is 2.27. The van der Waals surface area contributed by atoms with Gasteiger partial charge in [0, 0.05) is 11.9 Å². The van der Waals surface area contributed by atoms with Gasteiger partial charge in [-0.3, -0.25) is 4.79 Å². The Morgan fingerprint density at radius 2 is 1.96 bits per heavy atom. The van der Waals surface area contributed by atoms with Crippen molar-refractivity contribution in [3.05, 3.63) is 72.4 Å². The average molecular weight is 333 g/mol. The third-order valence-corrected chi connectivity index (χ3v) is 3.91. The number of rotatable bonds is 5. The highest BCUT2D eigenvalue weighted by atomic mass is 16.5. The summed E-state index contributed by atoms with van der Waals surface area (Å²) >= 11 is 0. The molecule has 2 aromatic heterocycles. The summed E-state index contributed by atoms with van der Waals surface area (Å²) in [7, 11) is 0. The molecule has 0 aliphatic heterocycles. The van der Waals surface area contributed by atoms with E-state index in [9.17, 15) is 4.79 Å². The van der Waals surface area contributed by atoms with Gasteiger partial charge in [0.25, 0.3) is 0 Å². The van der Waals surface area contributed by atoms with E-state index in [1.165, 1.54) is 6.33 Å². The second-order valence-electron chi connectivity index (χ2n) is 5.55. The Morgan fingerprint density at radius 3 is 2.84 bits per heavy atom. The van der Waals surface area contributed by atoms with E-state index in [1.54, 1.807) is 11.0 Å². The molecule has 4 aromatic rings. The number of nitrogens with one attached hydrogen (secondary N) is 1. The highest BCUT2D eigenvalue weighted by Gasteiger charge is 2.12. The number of carbonyl (C=O) groups is 1. The molecule has 0 spiro atoms. The Labute approximate surface area is 143 Å². The van der Waals surface area contributed by atoms with Gasteiger partial charge in [0.2, 0.25) is 5.91 Å². The zero-order chi connectivity index (χ0) is 17.1. The molecule has 7 nitrogen and oxygen atoms in total. The molecule has 2 aromatic carbocycles. The van der Waals surface area contributed by atoms with Crippen molar-refractivity contribution in [3.63, 3.8) is 0 Å². The van der Waals surface area contributed by atoms with Crippen LogP contribution in [-0.4, -0.2) is 25.8 Å². The molecule has 7 heteroatoms. The number of nitrogens with zero attached hydrogens (tertiary/aromatic N) is 4. The van der Waals surface area contributed by atoms with Crippen LogP contribution in [0.2, 0.25) is 0 Å². The van der Waals surface area contributed by atoms with Crippen LogP contribution in [0.15, 0.2) is 65.7 Å². The minimum absolute atomic E-state index is 0.118. The summed E-state index contributed by atoms with van der Waals surface area (Å²) in [6.45, 7) is 0.394. The van der Waals surface area contributed by atoms with Gasteiger partial charge >= 0.3 is 0 Å². The van der Waals surface area contributed by atoms with Gasteiger partial charge in [-0.05, 0) is 23.8 Å². The molecular weight excluding hydrogens is 318 g/mol. The monoisotopic (exact) mass is 333 g/mol. The summed E-state index contributed by atoms with van der Waals surface area (Å²) in [5, 5.41) is 11.9. The molecule has 124 valence electrons. The fourth-order valence-electron chi connectivity index (χ4n) is 2.69. The number of amides is 1. The number of benzene rings is 2. The lowest BCUT2D eigenvalue weighted by Gasteiger charge is -2.10. The van der Waals surface area contributed by atoms with Gasteiger partial charge in [-0.15, -0.1) is 0 Å². The summed E-state index contributed by atoms with van der Waals surface area (Å²) in [4.78, 5) is 16.3. The van der Waals surface area contributed by atoms with E-state index in [4.69, 9.17) is 4.52 Å². The fraction of sp³-hybridized carbons (Fsp3) is 0.111. The van der Waals surface area contributed by atoms with E-state index in [0.29, 0.717) is 17.8 Å². The lowest BCUT2D eigenvalue weighted by molar-refractivity contribution is -0.120. The maximum Gasteiger partial charge on any atom is 0.226 e. The van der Waals surface area contributed by atoms with Gasteiger partial charge in [0.1, 0.15) is 18.3 Å². The van der Waals surface area contributed by atoms with Crippen molar-refractivity contribution in [2.75, 3.05) is 0 Å². The Bertz CT molecular complexity index is 1010. The van der Waals surface area contributed by atoms with Crippen LogP contribution in [0.25, 0.3) is 16.7 Å². The van der Waals surface area contributed by atoms with Gasteiger partial charge < -0.3 is 9.84 Å². The molecule has 4 rings (SSSR count). The molecule has 0 aliphatic carbocycles. The smallest absolute Gasteiger partial charge is 0.226 e. The van der Waals surface area contributed by atoms with Crippen LogP contribution in [0.4, 0.5) is 0 Å². The maximum atomic E-state index is 12.3. The van der Waals surface area contributed by atoms with Gasteiger partial charge in [-0.25, -0.2) is 9.67 Å². The van der Waals surface area contributed by atoms with E-state index in [0.717, 1.165) is 16.6 Å². The summed E-state index contributed by atoms with van der Waals surface area (Å²) in [6, 6.07) is 15.2. The first-order valence-corrected chi connectivity index (χ1v) is 7.84. The molecule has 1 amide bonds. The molecule has 0 unspecified atom stereocenters. The van der Waals surface area contributed by atoms with Gasteiger partial charge in [0.05, 0.1) is 12.1 Å². The lowest BCUT2D eigenvalue weighted by Crippen LogP contribution is -2.25.